The van der Waals surface area contributed by atoms with Crippen LogP contribution in [0.4, 0.5) is 10.1 Å². The molecule has 0 saturated carbocycles. The number of halogens is 1. The molecule has 1 atom stereocenters. The largest absolute Gasteiger partial charge is 0.466 e. The van der Waals surface area contributed by atoms with Gasteiger partial charge in [0.15, 0.2) is 0 Å². The van der Waals surface area contributed by atoms with E-state index in [9.17, 15) is 24.0 Å². The first kappa shape index (κ1) is 23.7. The number of anilines is 1. The predicted octanol–water partition coefficient (Wildman–Crippen LogP) is 1.55. The molecule has 2 aromatic carbocycles. The van der Waals surface area contributed by atoms with E-state index in [1.54, 1.807) is 12.1 Å². The lowest BCUT2D eigenvalue weighted by molar-refractivity contribution is -0.133. The number of nitrogens with two attached hydrogens (primary N) is 1. The van der Waals surface area contributed by atoms with Crippen LogP contribution in [0.2, 0.25) is 0 Å². The summed E-state index contributed by atoms with van der Waals surface area (Å²) in [4.78, 5) is 38.5. The van der Waals surface area contributed by atoms with E-state index < -0.39 is 29.2 Å². The van der Waals surface area contributed by atoms with Gasteiger partial charge in [-0.1, -0.05) is 29.8 Å². The fourth-order valence-corrected chi connectivity index (χ4v) is 4.89. The number of nitrogens with zero attached hydrogens (tertiary/aromatic N) is 2. The number of amides is 1. The van der Waals surface area contributed by atoms with E-state index in [4.69, 9.17) is 5.73 Å². The number of hydrogen-bond donors (Lipinski definition) is 2. The molecule has 176 valence electrons. The van der Waals surface area contributed by atoms with Gasteiger partial charge < -0.3 is 15.8 Å². The van der Waals surface area contributed by atoms with Crippen molar-refractivity contribution >= 4 is 46.4 Å². The molecule has 1 amide bonds. The molecular formula is C25H19FN4O4S. The Hall–Kier alpha value is -4.49. The molecule has 3 N–H and O–H groups in total. The van der Waals surface area contributed by atoms with Gasteiger partial charge in [-0.05, 0) is 36.8 Å². The molecule has 1 aliphatic heterocycles. The molecule has 0 radical (unpaired) electrons. The summed E-state index contributed by atoms with van der Waals surface area (Å²) >= 11 is 0.871. The summed E-state index contributed by atoms with van der Waals surface area (Å²) in [7, 11) is 1.17. The van der Waals surface area contributed by atoms with Gasteiger partial charge in [0, 0.05) is 11.8 Å². The van der Waals surface area contributed by atoms with E-state index in [2.05, 4.69) is 10.1 Å². The third-order valence-corrected chi connectivity index (χ3v) is 6.58. The van der Waals surface area contributed by atoms with Gasteiger partial charge in [0.05, 0.1) is 30.2 Å². The maximum atomic E-state index is 13.7. The van der Waals surface area contributed by atoms with Crippen LogP contribution in [0, 0.1) is 24.1 Å². The summed E-state index contributed by atoms with van der Waals surface area (Å²) in [5, 5.41) is 12.8. The first-order valence-electron chi connectivity index (χ1n) is 10.3. The molecule has 0 bridgehead atoms. The molecule has 0 spiro atoms. The summed E-state index contributed by atoms with van der Waals surface area (Å²) in [5.74, 6) is -2.98. The molecule has 4 rings (SSSR count). The second kappa shape index (κ2) is 9.40. The Morgan fingerprint density at radius 1 is 1.20 bits per heavy atom. The van der Waals surface area contributed by atoms with E-state index in [1.807, 2.05) is 25.1 Å². The van der Waals surface area contributed by atoms with E-state index in [-0.39, 0.29) is 26.2 Å². The zero-order valence-corrected chi connectivity index (χ0v) is 19.5. The van der Waals surface area contributed by atoms with Gasteiger partial charge in [-0.2, -0.15) is 5.26 Å². The number of carbonyl (C=O) groups is 2. The summed E-state index contributed by atoms with van der Waals surface area (Å²) in [5.41, 5.74) is 7.52. The van der Waals surface area contributed by atoms with Gasteiger partial charge in [0.25, 0.3) is 11.5 Å². The molecule has 35 heavy (non-hydrogen) atoms. The zero-order valence-electron chi connectivity index (χ0n) is 18.7. The van der Waals surface area contributed by atoms with E-state index in [0.29, 0.717) is 11.3 Å². The standard InChI is InChI=1S/C25H19FN4O4S/c1-13-3-9-16(10-4-13)29-23(32)21-20(14-5-7-15(26)8-6-14)17(12-27)22(28)30-24(33)18(35-25(21)30)11-19(31)34-2/h3-11,20H,28H2,1-2H3,(H,29,32). The number of rotatable bonds is 4. The minimum atomic E-state index is -0.977. The van der Waals surface area contributed by atoms with Crippen molar-refractivity contribution in [3.8, 4) is 6.07 Å². The van der Waals surface area contributed by atoms with Gasteiger partial charge in [-0.3, -0.25) is 14.2 Å². The third kappa shape index (κ3) is 4.37. The van der Waals surface area contributed by atoms with Crippen LogP contribution in [0.25, 0.3) is 17.5 Å². The second-order valence-corrected chi connectivity index (χ2v) is 8.74. The number of nitriles is 1. The van der Waals surface area contributed by atoms with Crippen molar-refractivity contribution in [2.45, 2.75) is 12.8 Å². The van der Waals surface area contributed by atoms with Gasteiger partial charge in [0.1, 0.15) is 20.8 Å². The van der Waals surface area contributed by atoms with Crippen molar-refractivity contribution in [1.82, 2.24) is 4.57 Å². The highest BCUT2D eigenvalue weighted by Gasteiger charge is 2.35. The number of thiazole rings is 1. The monoisotopic (exact) mass is 490 g/mol. The molecular weight excluding hydrogens is 471 g/mol. The lowest BCUT2D eigenvalue weighted by Crippen LogP contribution is -2.40. The average molecular weight is 491 g/mol. The van der Waals surface area contributed by atoms with Crippen molar-refractivity contribution in [1.29, 1.82) is 5.26 Å². The van der Waals surface area contributed by atoms with Crippen LogP contribution < -0.4 is 25.8 Å². The zero-order chi connectivity index (χ0) is 25.3. The van der Waals surface area contributed by atoms with Crippen molar-refractivity contribution in [3.63, 3.8) is 0 Å². The number of benzene rings is 2. The van der Waals surface area contributed by atoms with E-state index in [1.165, 1.54) is 31.4 Å². The Morgan fingerprint density at radius 2 is 1.86 bits per heavy atom. The van der Waals surface area contributed by atoms with Crippen molar-refractivity contribution < 1.29 is 18.7 Å². The fraction of sp³-hybridized carbons (Fsp3) is 0.120. The number of allylic oxidation sites excluding steroid dienone is 1. The number of ether oxygens (including phenoxy) is 1. The molecule has 0 aliphatic carbocycles. The lowest BCUT2D eigenvalue weighted by atomic mass is 9.83. The first-order chi connectivity index (χ1) is 16.7. The highest BCUT2D eigenvalue weighted by atomic mass is 32.1. The second-order valence-electron chi connectivity index (χ2n) is 7.71. The molecule has 3 aromatic rings. The lowest BCUT2D eigenvalue weighted by Gasteiger charge is -2.25. The number of methoxy groups -OCH3 is 1. The number of fused-ring (bicyclic) bond motifs is 1. The van der Waals surface area contributed by atoms with Crippen molar-refractivity contribution in [2.24, 2.45) is 5.73 Å². The molecule has 1 unspecified atom stereocenters. The molecule has 0 fully saturated rings. The number of aryl methyl sites for hydroxylation is 1. The number of aromatic nitrogens is 1. The maximum absolute atomic E-state index is 13.7. The van der Waals surface area contributed by atoms with Gasteiger partial charge >= 0.3 is 5.97 Å². The Labute approximate surface area is 202 Å². The van der Waals surface area contributed by atoms with Crippen LogP contribution in [0.3, 0.4) is 0 Å². The fourth-order valence-electron chi connectivity index (χ4n) is 3.76. The smallest absolute Gasteiger partial charge is 0.332 e. The maximum Gasteiger partial charge on any atom is 0.332 e. The number of carbonyl (C=O) groups excluding carboxylic acids is 2. The van der Waals surface area contributed by atoms with E-state index in [0.717, 1.165) is 27.5 Å². The first-order valence-corrected chi connectivity index (χ1v) is 11.2. The van der Waals surface area contributed by atoms with Crippen LogP contribution >= 0.6 is 11.3 Å². The van der Waals surface area contributed by atoms with Gasteiger partial charge in [-0.25, -0.2) is 9.18 Å². The van der Waals surface area contributed by atoms with Crippen LogP contribution in [0.1, 0.15) is 17.0 Å². The normalized spacial score (nSPS) is 15.4. The molecule has 1 aromatic heterocycles. The highest BCUT2D eigenvalue weighted by molar-refractivity contribution is 7.07. The molecule has 2 heterocycles. The quantitative estimate of drug-likeness (QED) is 0.535. The van der Waals surface area contributed by atoms with E-state index >= 15 is 0 Å². The predicted molar refractivity (Wildman–Crippen MR) is 130 cm³/mol. The summed E-state index contributed by atoms with van der Waals surface area (Å²) in [6.45, 7) is 1.91. The summed E-state index contributed by atoms with van der Waals surface area (Å²) in [6.07, 6.45) is 1.00. The number of esters is 1. The van der Waals surface area contributed by atoms with Gasteiger partial charge in [0.2, 0.25) is 0 Å². The molecule has 10 heteroatoms. The molecule has 1 aliphatic rings. The number of hydrogen-bond acceptors (Lipinski definition) is 7. The highest BCUT2D eigenvalue weighted by Crippen LogP contribution is 2.36. The third-order valence-electron chi connectivity index (χ3n) is 5.48. The topological polar surface area (TPSA) is 127 Å². The molecule has 0 saturated heterocycles. The van der Waals surface area contributed by atoms with Crippen LogP contribution in [0.5, 0.6) is 0 Å². The van der Waals surface area contributed by atoms with Crippen molar-refractivity contribution in [2.75, 3.05) is 12.4 Å². The summed E-state index contributed by atoms with van der Waals surface area (Å²) in [6, 6.07) is 14.4. The minimum Gasteiger partial charge on any atom is -0.466 e. The average Bonchev–Trinajstić information content (AvgIpc) is 3.16. The van der Waals surface area contributed by atoms with Gasteiger partial charge in [-0.15, -0.1) is 11.3 Å². The van der Waals surface area contributed by atoms with Crippen molar-refractivity contribution in [3.05, 3.63) is 90.6 Å². The Morgan fingerprint density at radius 3 is 2.46 bits per heavy atom. The van der Waals surface area contributed by atoms with Crippen LogP contribution in [-0.4, -0.2) is 23.6 Å². The van der Waals surface area contributed by atoms with Crippen LogP contribution in [0.15, 0.2) is 58.9 Å². The molecule has 8 nitrogen and oxygen atoms in total. The Balaban J connectivity index is 2.04. The van der Waals surface area contributed by atoms with Crippen LogP contribution in [-0.2, 0) is 14.3 Å². The Kier molecular flexibility index (Phi) is 6.36. The minimum absolute atomic E-state index is 0.0209. The number of nitrogens with one attached hydrogen (secondary N) is 1. The SMILES string of the molecule is COC(=O)C=c1sc2n(c1=O)C(N)=C(C#N)C(c1ccc(F)cc1)C=2C(=O)Nc1ccc(C)cc1. The Bertz CT molecular complexity index is 1590. The summed E-state index contributed by atoms with van der Waals surface area (Å²) < 4.78 is 19.5.